The number of β-amino-alcohol motifs (C(OH)–C–C–N with tert-alkyl or cyclic N) is 1. The molecule has 0 aromatic rings. The van der Waals surface area contributed by atoms with Crippen molar-refractivity contribution in [1.82, 2.24) is 30.7 Å². The molecule has 6 aliphatic rings. The molecular weight excluding hydrogens is 1410 g/mol. The number of hydrogen-bond donors (Lipinski definition) is 14. The average Bonchev–Trinajstić information content (AvgIpc) is 1.25. The van der Waals surface area contributed by atoms with Gasteiger partial charge in [-0.3, -0.25) is 46.9 Å². The second kappa shape index (κ2) is 39.7. The molecular formula is C57H99N6O34P3-2. The lowest BCUT2D eigenvalue weighted by Gasteiger charge is -2.42. The Balaban J connectivity index is 1.07. The first-order chi connectivity index (χ1) is 47.1. The Hall–Kier alpha value is -3.49. The largest absolute Gasteiger partial charge is 0.756 e. The van der Waals surface area contributed by atoms with Crippen molar-refractivity contribution in [2.45, 2.75) is 246 Å². The normalized spacial score (nSPS) is 34.4. The molecule has 0 spiro atoms. The summed E-state index contributed by atoms with van der Waals surface area (Å²) in [6.45, 7) is 0.734. The summed E-state index contributed by atoms with van der Waals surface area (Å²) in [6.07, 6.45) is -22.3. The highest BCUT2D eigenvalue weighted by Crippen LogP contribution is 2.48. The lowest BCUT2D eigenvalue weighted by Crippen LogP contribution is -2.64. The molecule has 6 heterocycles. The number of nitrogens with zero attached hydrogens (tertiary/aromatic N) is 3. The maximum Gasteiger partial charge on any atom is 0.472 e. The van der Waals surface area contributed by atoms with Crippen LogP contribution in [-0.2, 0) is 98.0 Å². The third-order valence-electron chi connectivity index (χ3n) is 17.2. The van der Waals surface area contributed by atoms with E-state index in [4.69, 9.17) is 55.6 Å². The third-order valence-corrected chi connectivity index (χ3v) is 20.4. The van der Waals surface area contributed by atoms with E-state index in [-0.39, 0.29) is 103 Å². The lowest BCUT2D eigenvalue weighted by atomic mass is 9.97. The SMILES string of the molecule is CC(=O)NC1C(OCCCCC(=O)N2C[C@H](O)C[C@H]2COP(=O)([O-])O[C@@H]2C[C@@H](COP(=O)([O-])O[C@@H]3C[C@@H](COP(=O)(O)OC(C)C)N(C(=O)CCCCOC4OC(CO)C(O)C(O)C4NC(C)=O)C3)N(C(=O)CCCCOC3OC(CO)C(O)C(O)C3NC(C)=O)C2)OC(CO)C(O)C1O. The lowest BCUT2D eigenvalue weighted by molar-refractivity contribution is -0.270. The molecule has 0 aromatic heterocycles. The summed E-state index contributed by atoms with van der Waals surface area (Å²) in [5.41, 5.74) is 0. The fraction of sp³-hybridized carbons (Fsp3) is 0.895. The van der Waals surface area contributed by atoms with Crippen LogP contribution in [0, 0.1) is 0 Å². The minimum Gasteiger partial charge on any atom is -0.756 e. The Kier molecular flexibility index (Phi) is 34.0. The topological polar surface area (TPSA) is 579 Å². The van der Waals surface area contributed by atoms with Gasteiger partial charge in [-0.25, -0.2) is 4.57 Å². The molecule has 0 aromatic carbocycles. The number of carbonyl (C=O) groups is 6. The van der Waals surface area contributed by atoms with Gasteiger partial charge in [0.15, 0.2) is 18.9 Å². The van der Waals surface area contributed by atoms with Crippen LogP contribution in [0.4, 0.5) is 0 Å². The number of amides is 6. The molecule has 6 amide bonds. The number of ether oxygens (including phenoxy) is 6. The van der Waals surface area contributed by atoms with Gasteiger partial charge in [0.25, 0.3) is 15.6 Å². The molecule has 18 unspecified atom stereocenters. The van der Waals surface area contributed by atoms with Gasteiger partial charge < -0.3 is 143 Å². The van der Waals surface area contributed by atoms with Crippen LogP contribution in [0.2, 0.25) is 0 Å². The summed E-state index contributed by atoms with van der Waals surface area (Å²) < 4.78 is 106. The number of aliphatic hydroxyl groups is 10. The van der Waals surface area contributed by atoms with Crippen LogP contribution in [0.5, 0.6) is 0 Å². The van der Waals surface area contributed by atoms with Crippen molar-refractivity contribution in [2.75, 3.05) is 79.1 Å². The van der Waals surface area contributed by atoms with E-state index in [2.05, 4.69) is 16.0 Å². The predicted octanol–water partition coefficient (Wildman–Crippen LogP) is -6.18. The van der Waals surface area contributed by atoms with Crippen LogP contribution in [0.1, 0.15) is 112 Å². The fourth-order valence-corrected chi connectivity index (χ4v) is 15.3. The van der Waals surface area contributed by atoms with E-state index < -0.39 is 246 Å². The zero-order chi connectivity index (χ0) is 74.0. The Labute approximate surface area is 576 Å². The number of nitrogens with one attached hydrogen (secondary N) is 3. The van der Waals surface area contributed by atoms with Gasteiger partial charge in [-0.15, -0.1) is 0 Å². The number of hydrogen-bond acceptors (Lipinski definition) is 33. The minimum absolute atomic E-state index is 0.0603. The van der Waals surface area contributed by atoms with Crippen LogP contribution in [0.15, 0.2) is 0 Å². The molecule has 6 rings (SSSR count). The van der Waals surface area contributed by atoms with Gasteiger partial charge in [-0.05, 0) is 71.6 Å². The highest BCUT2D eigenvalue weighted by Gasteiger charge is 2.49. The molecule has 0 radical (unpaired) electrons. The quantitative estimate of drug-likeness (QED) is 0.0201. The van der Waals surface area contributed by atoms with Crippen molar-refractivity contribution in [3.05, 3.63) is 0 Å². The molecule has 43 heteroatoms. The van der Waals surface area contributed by atoms with Crippen molar-refractivity contribution in [3.8, 4) is 0 Å². The van der Waals surface area contributed by atoms with Crippen LogP contribution in [-0.4, -0.2) is 320 Å². The average molecular weight is 1510 g/mol. The summed E-state index contributed by atoms with van der Waals surface area (Å²) in [7, 11) is -15.6. The van der Waals surface area contributed by atoms with Gasteiger partial charge in [-0.1, -0.05) is 0 Å². The first-order valence-electron chi connectivity index (χ1n) is 33.1. The molecule has 6 fully saturated rings. The summed E-state index contributed by atoms with van der Waals surface area (Å²) in [5, 5.41) is 110. The van der Waals surface area contributed by atoms with Gasteiger partial charge in [-0.2, -0.15) is 0 Å². The van der Waals surface area contributed by atoms with Gasteiger partial charge in [0.1, 0.15) is 73.1 Å². The van der Waals surface area contributed by atoms with Crippen molar-refractivity contribution < 1.29 is 164 Å². The number of rotatable bonds is 39. The third kappa shape index (κ3) is 25.6. The monoisotopic (exact) mass is 1500 g/mol. The standard InChI is InChI=1S/C57H101N6O34P3/c1-30(2)95-98(80,81)89-28-35-19-38(22-62(35)44(72)13-7-10-16-87-56-47(59-32(4)68)53(78)50(75)41(25-65)93-56)97-100(84,85)91-29-36-20-39(23-63(36)45(73)14-8-11-17-88-57-48(60-33(5)69)54(79)51(76)42(26-66)94-57)96-99(82,83)90-27-34-18-37(70)21-61(34)43(71)12-6-9-15-86-55-46(58-31(3)67)52(77)49(74)40(24-64)92-55/h30,34-42,46-57,64-66,70,74-79H,6-29H2,1-5H3,(H,58,67)(H,59,68)(H,60,69)(H,80,81)(H,82,83)(H,84,85)/p-2/t34-,35-,36-,37+,38+,39+,40?,41?,42?,46?,47?,48?,49?,50?,51?,52?,53?,54?,55?,56?,57?/m0/s1. The summed E-state index contributed by atoms with van der Waals surface area (Å²) in [4.78, 5) is 118. The molecule has 0 aliphatic carbocycles. The second-order valence-corrected chi connectivity index (χ2v) is 29.7. The molecule has 6 aliphatic heterocycles. The number of unbranched alkanes of at least 4 members (excludes halogenated alkanes) is 3. The minimum atomic E-state index is -5.47. The molecule has 0 bridgehead atoms. The summed E-state index contributed by atoms with van der Waals surface area (Å²) in [6, 6.07) is -6.99. The molecule has 6 saturated heterocycles. The number of likely N-dealkylation sites (tertiary alicyclic amines) is 3. The first-order valence-corrected chi connectivity index (χ1v) is 37.5. The molecule has 0 saturated carbocycles. The Morgan fingerprint density at radius 2 is 0.790 bits per heavy atom. The van der Waals surface area contributed by atoms with Crippen molar-refractivity contribution in [2.24, 2.45) is 0 Å². The smallest absolute Gasteiger partial charge is 0.472 e. The molecule has 40 nitrogen and oxygen atoms in total. The van der Waals surface area contributed by atoms with E-state index in [0.717, 1.165) is 18.7 Å². The van der Waals surface area contributed by atoms with Gasteiger partial charge in [0, 0.05) is 79.5 Å². The van der Waals surface area contributed by atoms with E-state index >= 15 is 0 Å². The molecule has 24 atom stereocenters. The second-order valence-electron chi connectivity index (χ2n) is 25.6. The van der Waals surface area contributed by atoms with Crippen LogP contribution in [0.3, 0.4) is 0 Å². The van der Waals surface area contributed by atoms with Crippen molar-refractivity contribution in [1.29, 1.82) is 0 Å². The Bertz CT molecular complexity index is 2790. The highest BCUT2D eigenvalue weighted by atomic mass is 31.2. The van der Waals surface area contributed by atoms with E-state index in [1.165, 1.54) is 30.6 Å². The van der Waals surface area contributed by atoms with Gasteiger partial charge in [0.2, 0.25) is 35.4 Å². The Morgan fingerprint density at radius 3 is 1.10 bits per heavy atom. The maximum atomic E-state index is 14.1. The zero-order valence-corrected chi connectivity index (χ0v) is 58.8. The van der Waals surface area contributed by atoms with E-state index in [0.29, 0.717) is 0 Å². The molecule has 578 valence electrons. The van der Waals surface area contributed by atoms with E-state index in [1.54, 1.807) is 0 Å². The van der Waals surface area contributed by atoms with Gasteiger partial charge >= 0.3 is 7.82 Å². The molecule has 14 N–H and O–H groups in total. The maximum absolute atomic E-state index is 14.1. The van der Waals surface area contributed by atoms with Crippen molar-refractivity contribution >= 4 is 58.9 Å². The van der Waals surface area contributed by atoms with E-state index in [9.17, 15) is 108 Å². The van der Waals surface area contributed by atoms with Crippen molar-refractivity contribution in [3.63, 3.8) is 0 Å². The number of phosphoric ester groups is 3. The van der Waals surface area contributed by atoms with Gasteiger partial charge in [0.05, 0.1) is 82.2 Å². The first kappa shape index (κ1) is 85.4. The summed E-state index contributed by atoms with van der Waals surface area (Å²) >= 11 is 0. The number of aliphatic hydroxyl groups excluding tert-OH is 10. The van der Waals surface area contributed by atoms with Crippen LogP contribution < -0.4 is 25.7 Å². The van der Waals surface area contributed by atoms with E-state index in [1.807, 2.05) is 0 Å². The summed E-state index contributed by atoms with van der Waals surface area (Å²) in [5.74, 6) is -3.49. The fourth-order valence-electron chi connectivity index (χ4n) is 12.4. The highest BCUT2D eigenvalue weighted by molar-refractivity contribution is 7.47. The van der Waals surface area contributed by atoms with Crippen LogP contribution >= 0.6 is 23.5 Å². The number of carbonyl (C=O) groups excluding carboxylic acids is 6. The van der Waals surface area contributed by atoms with Crippen LogP contribution in [0.25, 0.3) is 0 Å². The predicted molar refractivity (Wildman–Crippen MR) is 331 cm³/mol. The molecule has 100 heavy (non-hydrogen) atoms. The zero-order valence-electron chi connectivity index (χ0n) is 56.2. The number of phosphoric acid groups is 3. The Morgan fingerprint density at radius 1 is 0.480 bits per heavy atom.